The number of hydrogen-bond donors (Lipinski definition) is 0. The molecule has 8 heteroatoms. The fraction of sp³-hybridized carbons (Fsp3) is 0.133. The number of fused-ring (bicyclic) bond motifs is 2. The number of hydrogen-bond acceptors (Lipinski definition) is 5. The number of anilines is 1. The maximum Gasteiger partial charge on any atom is 0.270 e. The third-order valence-electron chi connectivity index (χ3n) is 7.31. The predicted octanol–water partition coefficient (Wildman–Crippen LogP) is 5.33. The number of amides is 2. The molecular weight excluding hydrogens is 516 g/mol. The number of nitrogens with zero attached hydrogens (tertiary/aromatic N) is 2. The van der Waals surface area contributed by atoms with Gasteiger partial charge in [0.2, 0.25) is 5.91 Å². The number of carbonyl (C=O) groups excluding carboxylic acids is 2. The van der Waals surface area contributed by atoms with Crippen molar-refractivity contribution in [1.29, 1.82) is 0 Å². The molecule has 0 bridgehead atoms. The molecule has 1 spiro atoms. The number of para-hydroxylation sites is 1. The van der Waals surface area contributed by atoms with Crippen LogP contribution in [0, 0.1) is 6.92 Å². The SMILES string of the molecule is Cc1ccc(S(=O)(=O)N2C(=O)[C@@H](c3cccs3)[C@@]3(C=C2c2ccccc2)C(=O)N(C)c2ccccc23)cc1. The average molecular weight is 541 g/mol. The monoisotopic (exact) mass is 540 g/mol. The highest BCUT2D eigenvalue weighted by molar-refractivity contribution is 7.90. The number of sulfonamides is 1. The van der Waals surface area contributed by atoms with Crippen LogP contribution in [0.1, 0.15) is 27.5 Å². The van der Waals surface area contributed by atoms with Gasteiger partial charge in [0.15, 0.2) is 0 Å². The molecule has 0 radical (unpaired) electrons. The van der Waals surface area contributed by atoms with Crippen molar-refractivity contribution in [3.8, 4) is 0 Å². The van der Waals surface area contributed by atoms with Gasteiger partial charge in [0.05, 0.1) is 16.5 Å². The minimum Gasteiger partial charge on any atom is -0.314 e. The lowest BCUT2D eigenvalue weighted by atomic mass is 9.67. The van der Waals surface area contributed by atoms with Gasteiger partial charge in [0.1, 0.15) is 5.41 Å². The largest absolute Gasteiger partial charge is 0.314 e. The average Bonchev–Trinajstić information content (AvgIpc) is 3.52. The molecule has 3 heterocycles. The molecule has 3 aromatic carbocycles. The van der Waals surface area contributed by atoms with E-state index in [0.29, 0.717) is 21.7 Å². The smallest absolute Gasteiger partial charge is 0.270 e. The van der Waals surface area contributed by atoms with E-state index < -0.39 is 27.3 Å². The summed E-state index contributed by atoms with van der Waals surface area (Å²) in [5.41, 5.74) is 1.57. The van der Waals surface area contributed by atoms with E-state index in [9.17, 15) is 18.0 Å². The number of likely N-dealkylation sites (N-methyl/N-ethyl adjacent to an activating group) is 1. The normalized spacial score (nSPS) is 21.1. The van der Waals surface area contributed by atoms with Crippen molar-refractivity contribution in [3.05, 3.63) is 124 Å². The first-order chi connectivity index (χ1) is 18.3. The Hall–Kier alpha value is -4.01. The van der Waals surface area contributed by atoms with Crippen LogP contribution < -0.4 is 4.90 Å². The molecule has 38 heavy (non-hydrogen) atoms. The molecule has 0 saturated heterocycles. The molecule has 0 aliphatic carbocycles. The lowest BCUT2D eigenvalue weighted by Crippen LogP contribution is -2.53. The minimum atomic E-state index is -4.31. The summed E-state index contributed by atoms with van der Waals surface area (Å²) < 4.78 is 29.2. The topological polar surface area (TPSA) is 74.8 Å². The molecule has 2 amide bonds. The Kier molecular flexibility index (Phi) is 5.63. The van der Waals surface area contributed by atoms with Crippen molar-refractivity contribution >= 4 is 44.6 Å². The molecule has 0 unspecified atom stereocenters. The van der Waals surface area contributed by atoms with E-state index in [2.05, 4.69) is 0 Å². The second kappa shape index (κ2) is 8.79. The lowest BCUT2D eigenvalue weighted by Gasteiger charge is -2.41. The Bertz CT molecular complexity index is 1690. The molecule has 6 rings (SSSR count). The summed E-state index contributed by atoms with van der Waals surface area (Å²) in [6.07, 6.45) is 1.70. The van der Waals surface area contributed by atoms with Crippen LogP contribution in [-0.4, -0.2) is 31.6 Å². The number of thiophene rings is 1. The number of rotatable bonds is 4. The summed E-state index contributed by atoms with van der Waals surface area (Å²) in [6, 6.07) is 26.3. The zero-order valence-electron chi connectivity index (χ0n) is 20.7. The fourth-order valence-electron chi connectivity index (χ4n) is 5.50. The van der Waals surface area contributed by atoms with Gasteiger partial charge in [-0.2, -0.15) is 0 Å². The lowest BCUT2D eigenvalue weighted by molar-refractivity contribution is -0.132. The molecule has 190 valence electrons. The van der Waals surface area contributed by atoms with Gasteiger partial charge in [0, 0.05) is 17.6 Å². The zero-order chi connectivity index (χ0) is 26.7. The summed E-state index contributed by atoms with van der Waals surface area (Å²) in [6.45, 7) is 1.87. The van der Waals surface area contributed by atoms with Gasteiger partial charge in [-0.1, -0.05) is 72.3 Å². The van der Waals surface area contributed by atoms with Crippen LogP contribution in [0.25, 0.3) is 5.70 Å². The van der Waals surface area contributed by atoms with E-state index in [1.165, 1.54) is 23.5 Å². The van der Waals surface area contributed by atoms with Crippen molar-refractivity contribution in [3.63, 3.8) is 0 Å². The molecule has 0 saturated carbocycles. The highest BCUT2D eigenvalue weighted by atomic mass is 32.2. The third kappa shape index (κ3) is 3.40. The van der Waals surface area contributed by atoms with Gasteiger partial charge in [-0.15, -0.1) is 11.3 Å². The second-order valence-corrected chi connectivity index (χ2v) is 12.3. The summed E-state index contributed by atoms with van der Waals surface area (Å²) >= 11 is 1.34. The minimum absolute atomic E-state index is 0.00873. The molecular formula is C30H24N2O4S2. The Balaban J connectivity index is 1.70. The van der Waals surface area contributed by atoms with Gasteiger partial charge in [-0.3, -0.25) is 9.59 Å². The standard InChI is InChI=1S/C30H24N2O4S2/c1-20-14-16-22(17-15-20)38(35,36)32-25(21-9-4-3-5-10-21)19-30(27(28(32)33)26-13-8-18-37-26)23-11-6-7-12-24(23)31(2)29(30)34/h3-19,27H,1-2H3/t27-,30+/m1/s1. The van der Waals surface area contributed by atoms with Crippen LogP contribution in [-0.2, 0) is 25.0 Å². The van der Waals surface area contributed by atoms with E-state index in [4.69, 9.17) is 0 Å². The summed E-state index contributed by atoms with van der Waals surface area (Å²) in [5.74, 6) is -1.99. The van der Waals surface area contributed by atoms with Crippen molar-refractivity contribution in [2.45, 2.75) is 23.2 Å². The van der Waals surface area contributed by atoms with Gasteiger partial charge in [0.25, 0.3) is 15.9 Å². The van der Waals surface area contributed by atoms with Crippen LogP contribution in [0.2, 0.25) is 0 Å². The number of benzene rings is 3. The van der Waals surface area contributed by atoms with Crippen molar-refractivity contribution in [1.82, 2.24) is 4.31 Å². The van der Waals surface area contributed by atoms with Crippen LogP contribution in [0.4, 0.5) is 5.69 Å². The Labute approximate surface area is 225 Å². The van der Waals surface area contributed by atoms with Gasteiger partial charge < -0.3 is 4.90 Å². The third-order valence-corrected chi connectivity index (χ3v) is 9.97. The van der Waals surface area contributed by atoms with Crippen molar-refractivity contribution in [2.24, 2.45) is 0 Å². The Morgan fingerprint density at radius 3 is 2.21 bits per heavy atom. The molecule has 1 aromatic heterocycles. The molecule has 0 N–H and O–H groups in total. The van der Waals surface area contributed by atoms with Crippen LogP contribution >= 0.6 is 11.3 Å². The van der Waals surface area contributed by atoms with E-state index in [1.54, 1.807) is 60.5 Å². The molecule has 6 nitrogen and oxygen atoms in total. The maximum atomic E-state index is 14.7. The number of carbonyl (C=O) groups is 2. The summed E-state index contributed by atoms with van der Waals surface area (Å²) in [7, 11) is -2.62. The first-order valence-corrected chi connectivity index (χ1v) is 14.4. The van der Waals surface area contributed by atoms with Crippen molar-refractivity contribution < 1.29 is 18.0 Å². The fourth-order valence-corrected chi connectivity index (χ4v) is 7.84. The maximum absolute atomic E-state index is 14.7. The zero-order valence-corrected chi connectivity index (χ0v) is 22.4. The van der Waals surface area contributed by atoms with Crippen LogP contribution in [0.3, 0.4) is 0 Å². The van der Waals surface area contributed by atoms with Gasteiger partial charge in [-0.05, 0) is 53.8 Å². The number of aryl methyl sites for hydroxylation is 1. The Morgan fingerprint density at radius 1 is 0.842 bits per heavy atom. The quantitative estimate of drug-likeness (QED) is 0.351. The molecule has 2 atom stereocenters. The van der Waals surface area contributed by atoms with E-state index in [0.717, 1.165) is 9.87 Å². The molecule has 2 aliphatic heterocycles. The van der Waals surface area contributed by atoms with Gasteiger partial charge >= 0.3 is 0 Å². The van der Waals surface area contributed by atoms with Crippen LogP contribution in [0.15, 0.2) is 107 Å². The highest BCUT2D eigenvalue weighted by Crippen LogP contribution is 2.56. The molecule has 0 fully saturated rings. The van der Waals surface area contributed by atoms with Crippen LogP contribution in [0.5, 0.6) is 0 Å². The van der Waals surface area contributed by atoms with E-state index in [-0.39, 0.29) is 16.5 Å². The summed E-state index contributed by atoms with van der Waals surface area (Å²) in [5, 5.41) is 1.83. The Morgan fingerprint density at radius 2 is 1.53 bits per heavy atom. The second-order valence-electron chi connectivity index (χ2n) is 9.52. The first kappa shape index (κ1) is 24.3. The first-order valence-electron chi connectivity index (χ1n) is 12.1. The van der Waals surface area contributed by atoms with E-state index >= 15 is 0 Å². The molecule has 4 aromatic rings. The molecule has 2 aliphatic rings. The van der Waals surface area contributed by atoms with Gasteiger partial charge in [-0.25, -0.2) is 12.7 Å². The summed E-state index contributed by atoms with van der Waals surface area (Å²) in [4.78, 5) is 31.1. The highest BCUT2D eigenvalue weighted by Gasteiger charge is 2.61. The predicted molar refractivity (Wildman–Crippen MR) is 148 cm³/mol. The van der Waals surface area contributed by atoms with E-state index in [1.807, 2.05) is 48.7 Å². The van der Waals surface area contributed by atoms with Crippen molar-refractivity contribution in [2.75, 3.05) is 11.9 Å².